The molecule has 4 rings (SSSR count). The van der Waals surface area contributed by atoms with Crippen LogP contribution in [0, 0.1) is 6.92 Å². The number of carbonyl (C=O) groups excluding carboxylic acids is 2. The Morgan fingerprint density at radius 2 is 1.55 bits per heavy atom. The molecular weight excluding hydrogens is 420 g/mol. The monoisotopic (exact) mass is 440 g/mol. The Morgan fingerprint density at radius 1 is 0.909 bits per heavy atom. The number of carbonyl (C=O) groups is 2. The van der Waals surface area contributed by atoms with Crippen molar-refractivity contribution in [2.24, 2.45) is 5.73 Å². The predicted molar refractivity (Wildman–Crippen MR) is 124 cm³/mol. The molecule has 0 bridgehead atoms. The number of rotatable bonds is 6. The molecule has 0 aliphatic carbocycles. The zero-order chi connectivity index (χ0) is 23.4. The molecule has 0 atom stereocenters. The molecule has 3 aromatic carbocycles. The topological polar surface area (TPSA) is 127 Å². The van der Waals surface area contributed by atoms with E-state index in [9.17, 15) is 14.4 Å². The van der Waals surface area contributed by atoms with E-state index in [4.69, 9.17) is 10.5 Å². The lowest BCUT2D eigenvalue weighted by Crippen LogP contribution is -2.12. The number of ether oxygens (including phenoxy) is 1. The average Bonchev–Trinajstić information content (AvgIpc) is 2.79. The molecule has 0 aliphatic rings. The van der Waals surface area contributed by atoms with E-state index in [1.54, 1.807) is 79.7 Å². The number of amides is 2. The van der Waals surface area contributed by atoms with E-state index in [-0.39, 0.29) is 11.5 Å². The maximum atomic E-state index is 12.7. The van der Waals surface area contributed by atoms with Crippen molar-refractivity contribution in [1.29, 1.82) is 0 Å². The fourth-order valence-corrected chi connectivity index (χ4v) is 3.16. The van der Waals surface area contributed by atoms with Gasteiger partial charge in [0.1, 0.15) is 17.3 Å². The Morgan fingerprint density at radius 3 is 2.15 bits per heavy atom. The number of benzene rings is 3. The Labute approximate surface area is 189 Å². The van der Waals surface area contributed by atoms with Gasteiger partial charge in [0.2, 0.25) is 5.91 Å². The molecule has 164 valence electrons. The van der Waals surface area contributed by atoms with Crippen LogP contribution in [0.5, 0.6) is 11.5 Å². The number of nitrogens with one attached hydrogen (secondary N) is 2. The summed E-state index contributed by atoms with van der Waals surface area (Å²) >= 11 is 0. The molecule has 0 radical (unpaired) electrons. The third-order valence-corrected chi connectivity index (χ3v) is 4.75. The van der Waals surface area contributed by atoms with Crippen LogP contribution in [-0.4, -0.2) is 21.8 Å². The molecule has 0 aliphatic heterocycles. The van der Waals surface area contributed by atoms with Crippen LogP contribution in [0.3, 0.4) is 0 Å². The molecule has 8 nitrogen and oxygen atoms in total. The van der Waals surface area contributed by atoms with Gasteiger partial charge in [0.05, 0.1) is 0 Å². The van der Waals surface area contributed by atoms with E-state index in [0.717, 1.165) is 0 Å². The van der Waals surface area contributed by atoms with Crippen LogP contribution in [0.2, 0.25) is 0 Å². The lowest BCUT2D eigenvalue weighted by Gasteiger charge is -2.09. The van der Waals surface area contributed by atoms with E-state index < -0.39 is 5.91 Å². The molecule has 2 amide bonds. The number of aromatic amines is 1. The maximum absolute atomic E-state index is 12.7. The van der Waals surface area contributed by atoms with Crippen molar-refractivity contribution in [3.05, 3.63) is 106 Å². The summed E-state index contributed by atoms with van der Waals surface area (Å²) in [5.74, 6) is 0.703. The van der Waals surface area contributed by atoms with Crippen molar-refractivity contribution in [3.8, 4) is 22.9 Å². The number of hydrogen-bond acceptors (Lipinski definition) is 5. The zero-order valence-electron chi connectivity index (χ0n) is 17.7. The highest BCUT2D eigenvalue weighted by Gasteiger charge is 2.09. The molecule has 1 heterocycles. The van der Waals surface area contributed by atoms with Gasteiger partial charge in [0.25, 0.3) is 11.5 Å². The maximum Gasteiger partial charge on any atom is 0.255 e. The third-order valence-electron chi connectivity index (χ3n) is 4.75. The number of aryl methyl sites for hydroxylation is 1. The molecular formula is C25H20N4O4. The fourth-order valence-electron chi connectivity index (χ4n) is 3.16. The van der Waals surface area contributed by atoms with Gasteiger partial charge < -0.3 is 20.8 Å². The van der Waals surface area contributed by atoms with E-state index in [1.165, 1.54) is 6.07 Å². The van der Waals surface area contributed by atoms with Crippen molar-refractivity contribution in [3.63, 3.8) is 0 Å². The van der Waals surface area contributed by atoms with E-state index in [1.807, 2.05) is 0 Å². The van der Waals surface area contributed by atoms with Crippen LogP contribution in [0.1, 0.15) is 26.4 Å². The number of H-pyrrole nitrogens is 1. The van der Waals surface area contributed by atoms with Gasteiger partial charge >= 0.3 is 0 Å². The van der Waals surface area contributed by atoms with E-state index >= 15 is 0 Å². The Hall–Kier alpha value is -4.72. The minimum absolute atomic E-state index is 0.238. The zero-order valence-corrected chi connectivity index (χ0v) is 17.7. The van der Waals surface area contributed by atoms with Gasteiger partial charge in [-0.05, 0) is 67.6 Å². The number of nitrogens with zero attached hydrogens (tertiary/aromatic N) is 1. The van der Waals surface area contributed by atoms with Crippen LogP contribution in [0.15, 0.2) is 83.7 Å². The lowest BCUT2D eigenvalue weighted by molar-refractivity contribution is 0.0997. The summed E-state index contributed by atoms with van der Waals surface area (Å²) in [6, 6.07) is 21.6. The molecule has 0 unspecified atom stereocenters. The Balaban J connectivity index is 1.44. The first-order chi connectivity index (χ1) is 15.9. The van der Waals surface area contributed by atoms with Crippen molar-refractivity contribution in [2.45, 2.75) is 6.92 Å². The van der Waals surface area contributed by atoms with E-state index in [2.05, 4.69) is 15.3 Å². The van der Waals surface area contributed by atoms with Gasteiger partial charge in [0.15, 0.2) is 0 Å². The molecule has 8 heteroatoms. The van der Waals surface area contributed by atoms with Crippen LogP contribution in [0.25, 0.3) is 11.4 Å². The highest BCUT2D eigenvalue weighted by atomic mass is 16.5. The molecule has 0 saturated heterocycles. The Bertz CT molecular complexity index is 1380. The lowest BCUT2D eigenvalue weighted by atomic mass is 10.1. The van der Waals surface area contributed by atoms with Gasteiger partial charge in [-0.15, -0.1) is 0 Å². The minimum Gasteiger partial charge on any atom is -0.457 e. The quantitative estimate of drug-likeness (QED) is 0.419. The Kier molecular flexibility index (Phi) is 5.99. The number of nitrogens with two attached hydrogens (primary N) is 1. The number of primary amides is 1. The second-order valence-electron chi connectivity index (χ2n) is 7.29. The first kappa shape index (κ1) is 21.5. The molecule has 4 aromatic rings. The van der Waals surface area contributed by atoms with Gasteiger partial charge in [-0.2, -0.15) is 0 Å². The van der Waals surface area contributed by atoms with Crippen molar-refractivity contribution >= 4 is 17.5 Å². The minimum atomic E-state index is -0.508. The molecule has 0 fully saturated rings. The first-order valence-electron chi connectivity index (χ1n) is 10.0. The number of hydrogen-bond donors (Lipinski definition) is 3. The molecule has 0 spiro atoms. The van der Waals surface area contributed by atoms with Crippen molar-refractivity contribution in [1.82, 2.24) is 9.97 Å². The van der Waals surface area contributed by atoms with Crippen LogP contribution >= 0.6 is 0 Å². The van der Waals surface area contributed by atoms with Gasteiger partial charge in [-0.25, -0.2) is 4.98 Å². The van der Waals surface area contributed by atoms with Gasteiger partial charge in [0, 0.05) is 34.1 Å². The summed E-state index contributed by atoms with van der Waals surface area (Å²) in [4.78, 5) is 42.6. The third kappa shape index (κ3) is 5.31. The molecule has 0 saturated carbocycles. The number of aromatic nitrogens is 2. The summed E-state index contributed by atoms with van der Waals surface area (Å²) in [7, 11) is 0. The molecule has 33 heavy (non-hydrogen) atoms. The van der Waals surface area contributed by atoms with Crippen LogP contribution < -0.4 is 21.3 Å². The van der Waals surface area contributed by atoms with Crippen molar-refractivity contribution < 1.29 is 14.3 Å². The summed E-state index contributed by atoms with van der Waals surface area (Å²) in [5, 5.41) is 2.84. The fraction of sp³-hybridized carbons (Fsp3) is 0.0400. The van der Waals surface area contributed by atoms with Gasteiger partial charge in [-0.3, -0.25) is 14.4 Å². The summed E-state index contributed by atoms with van der Waals surface area (Å²) < 4.78 is 5.73. The van der Waals surface area contributed by atoms with Crippen LogP contribution in [-0.2, 0) is 0 Å². The second-order valence-corrected chi connectivity index (χ2v) is 7.29. The highest BCUT2D eigenvalue weighted by Crippen LogP contribution is 2.23. The predicted octanol–water partition coefficient (Wildman–Crippen LogP) is 3.89. The standard InChI is InChI=1S/C25H20N4O4/c1-15-13-22(30)29-24(27-15)18-3-2-4-19(14-18)28-25(32)17-7-11-21(12-8-17)33-20-9-5-16(6-10-20)23(26)31/h2-14H,1H3,(H2,26,31)(H,28,32)(H,27,29,30). The van der Waals surface area contributed by atoms with Crippen molar-refractivity contribution in [2.75, 3.05) is 5.32 Å². The van der Waals surface area contributed by atoms with Gasteiger partial charge in [-0.1, -0.05) is 12.1 Å². The largest absolute Gasteiger partial charge is 0.457 e. The number of anilines is 1. The smallest absolute Gasteiger partial charge is 0.255 e. The van der Waals surface area contributed by atoms with Crippen LogP contribution in [0.4, 0.5) is 5.69 Å². The summed E-state index contributed by atoms with van der Waals surface area (Å²) in [6.45, 7) is 1.74. The summed E-state index contributed by atoms with van der Waals surface area (Å²) in [5.41, 5.74) is 7.68. The summed E-state index contributed by atoms with van der Waals surface area (Å²) in [6.07, 6.45) is 0. The molecule has 1 aromatic heterocycles. The highest BCUT2D eigenvalue weighted by molar-refractivity contribution is 6.04. The SMILES string of the molecule is Cc1cc(=O)[nH]c(-c2cccc(NC(=O)c3ccc(Oc4ccc(C(N)=O)cc4)cc3)c2)n1. The normalized spacial score (nSPS) is 10.5. The van der Waals surface area contributed by atoms with E-state index in [0.29, 0.717) is 45.4 Å². The first-order valence-corrected chi connectivity index (χ1v) is 10.0. The molecule has 4 N–H and O–H groups in total. The average molecular weight is 440 g/mol. The second kappa shape index (κ2) is 9.19.